The van der Waals surface area contributed by atoms with Crippen LogP contribution in [0.4, 0.5) is 10.1 Å². The van der Waals surface area contributed by atoms with Gasteiger partial charge in [-0.25, -0.2) is 12.8 Å². The summed E-state index contributed by atoms with van der Waals surface area (Å²) >= 11 is 0. The summed E-state index contributed by atoms with van der Waals surface area (Å²) in [5.41, 5.74) is 1.55. The normalized spacial score (nSPS) is 16.0. The predicted octanol–water partition coefficient (Wildman–Crippen LogP) is 4.43. The maximum atomic E-state index is 13.8. The van der Waals surface area contributed by atoms with Crippen LogP contribution in [-0.2, 0) is 16.6 Å². The second-order valence-electron chi connectivity index (χ2n) is 9.02. The molecule has 3 aromatic rings. The van der Waals surface area contributed by atoms with Crippen molar-refractivity contribution in [1.82, 2.24) is 4.90 Å². The van der Waals surface area contributed by atoms with E-state index in [1.54, 1.807) is 32.4 Å². The van der Waals surface area contributed by atoms with Gasteiger partial charge in [0.25, 0.3) is 10.0 Å². The molecule has 0 aromatic heterocycles. The van der Waals surface area contributed by atoms with Gasteiger partial charge in [0.1, 0.15) is 17.3 Å². The Bertz CT molecular complexity index is 1340. The van der Waals surface area contributed by atoms with E-state index in [1.807, 2.05) is 18.2 Å². The predicted molar refractivity (Wildman–Crippen MR) is 136 cm³/mol. The molecular weight excluding hydrogens is 499 g/mol. The second-order valence-corrected chi connectivity index (χ2v) is 10.8. The molecule has 0 N–H and O–H groups in total. The summed E-state index contributed by atoms with van der Waals surface area (Å²) in [5, 5.41) is 0. The van der Waals surface area contributed by atoms with Gasteiger partial charge in [0.15, 0.2) is 11.5 Å². The molecule has 3 aromatic carbocycles. The van der Waals surface area contributed by atoms with Crippen LogP contribution in [0.15, 0.2) is 65.6 Å². The minimum absolute atomic E-state index is 0.0393. The van der Waals surface area contributed by atoms with Crippen LogP contribution >= 0.6 is 0 Å². The molecule has 2 aliphatic rings. The van der Waals surface area contributed by atoms with Gasteiger partial charge in [0.2, 0.25) is 6.79 Å². The van der Waals surface area contributed by atoms with Crippen molar-refractivity contribution < 1.29 is 31.8 Å². The number of piperidine rings is 1. The van der Waals surface area contributed by atoms with E-state index in [-0.39, 0.29) is 17.7 Å². The first-order chi connectivity index (χ1) is 17.9. The third kappa shape index (κ3) is 5.30. The molecule has 10 heteroatoms. The Morgan fingerprint density at radius 2 is 1.57 bits per heavy atom. The number of nitrogens with zero attached hydrogens (tertiary/aromatic N) is 2. The van der Waals surface area contributed by atoms with Crippen LogP contribution in [0.5, 0.6) is 23.0 Å². The molecule has 1 saturated heterocycles. The monoisotopic (exact) mass is 528 g/mol. The van der Waals surface area contributed by atoms with Crippen molar-refractivity contribution in [2.45, 2.75) is 30.3 Å². The Morgan fingerprint density at radius 1 is 0.919 bits per heavy atom. The number of benzene rings is 3. The van der Waals surface area contributed by atoms with E-state index >= 15 is 0 Å². The number of likely N-dealkylation sites (tertiary alicyclic amines) is 1. The van der Waals surface area contributed by atoms with Crippen LogP contribution in [0.3, 0.4) is 0 Å². The molecule has 2 heterocycles. The van der Waals surface area contributed by atoms with Gasteiger partial charge >= 0.3 is 0 Å². The molecular formula is C27H29FN2O6S. The smallest absolute Gasteiger partial charge is 0.264 e. The minimum atomic E-state index is -3.96. The summed E-state index contributed by atoms with van der Waals surface area (Å²) in [6.07, 6.45) is 1.24. The van der Waals surface area contributed by atoms with E-state index in [0.29, 0.717) is 49.7 Å². The molecule has 0 saturated carbocycles. The van der Waals surface area contributed by atoms with Gasteiger partial charge in [-0.1, -0.05) is 0 Å². The van der Waals surface area contributed by atoms with E-state index < -0.39 is 15.8 Å². The lowest BCUT2D eigenvalue weighted by atomic mass is 10.0. The molecule has 196 valence electrons. The number of methoxy groups -OCH3 is 2. The Balaban J connectivity index is 1.39. The van der Waals surface area contributed by atoms with E-state index in [2.05, 4.69) is 4.90 Å². The Labute approximate surface area is 216 Å². The molecule has 2 aliphatic heterocycles. The minimum Gasteiger partial charge on any atom is -0.497 e. The highest BCUT2D eigenvalue weighted by molar-refractivity contribution is 7.92. The van der Waals surface area contributed by atoms with Crippen LogP contribution in [0, 0.1) is 5.82 Å². The van der Waals surface area contributed by atoms with Crippen LogP contribution in [0.25, 0.3) is 0 Å². The van der Waals surface area contributed by atoms with Gasteiger partial charge in [0.05, 0.1) is 24.8 Å². The van der Waals surface area contributed by atoms with Gasteiger partial charge in [-0.15, -0.1) is 0 Å². The van der Waals surface area contributed by atoms with Crippen LogP contribution in [-0.4, -0.2) is 53.5 Å². The largest absolute Gasteiger partial charge is 0.497 e. The van der Waals surface area contributed by atoms with Crippen molar-refractivity contribution in [2.75, 3.05) is 38.4 Å². The molecule has 0 amide bonds. The van der Waals surface area contributed by atoms with Crippen molar-refractivity contribution in [3.8, 4) is 23.0 Å². The standard InChI is InChI=1S/C27H29FN2O6S/c1-33-23-13-19(14-24(16-23)34-2)17-29-11-9-21(10-12-29)30(22-5-8-26-27(15-22)36-18-35-26)37(31,32)25-6-3-20(28)4-7-25/h3-8,13-16,21H,9-12,17-18H2,1-2H3. The van der Waals surface area contributed by atoms with Crippen LogP contribution in [0.2, 0.25) is 0 Å². The molecule has 0 unspecified atom stereocenters. The van der Waals surface area contributed by atoms with Crippen LogP contribution in [0.1, 0.15) is 18.4 Å². The van der Waals surface area contributed by atoms with E-state index in [9.17, 15) is 12.8 Å². The first kappa shape index (κ1) is 25.2. The van der Waals surface area contributed by atoms with Crippen LogP contribution < -0.4 is 23.3 Å². The number of halogens is 1. The van der Waals surface area contributed by atoms with Crippen molar-refractivity contribution in [1.29, 1.82) is 0 Å². The van der Waals surface area contributed by atoms with E-state index in [1.165, 1.54) is 16.4 Å². The summed E-state index contributed by atoms with van der Waals surface area (Å²) in [4.78, 5) is 2.32. The van der Waals surface area contributed by atoms with Gasteiger partial charge in [-0.3, -0.25) is 9.21 Å². The highest BCUT2D eigenvalue weighted by Crippen LogP contribution is 2.39. The molecule has 0 aliphatic carbocycles. The number of anilines is 1. The molecule has 0 spiro atoms. The Kier molecular flexibility index (Phi) is 7.12. The summed E-state index contributed by atoms with van der Waals surface area (Å²) in [6, 6.07) is 15.6. The quantitative estimate of drug-likeness (QED) is 0.428. The lowest BCUT2D eigenvalue weighted by Gasteiger charge is -2.39. The fourth-order valence-corrected chi connectivity index (χ4v) is 6.52. The zero-order chi connectivity index (χ0) is 26.0. The van der Waals surface area contributed by atoms with Gasteiger partial charge in [0, 0.05) is 37.8 Å². The summed E-state index contributed by atoms with van der Waals surface area (Å²) in [6.45, 7) is 2.18. The SMILES string of the molecule is COc1cc(CN2CCC(N(c3ccc4c(c3)OCO4)S(=O)(=O)c3ccc(F)cc3)CC2)cc(OC)c1. The number of hydrogen-bond acceptors (Lipinski definition) is 7. The molecule has 0 bridgehead atoms. The highest BCUT2D eigenvalue weighted by Gasteiger charge is 2.35. The summed E-state index contributed by atoms with van der Waals surface area (Å²) < 4.78 is 64.4. The van der Waals surface area contributed by atoms with Crippen molar-refractivity contribution >= 4 is 15.7 Å². The second kappa shape index (κ2) is 10.5. The molecule has 0 atom stereocenters. The third-order valence-corrected chi connectivity index (χ3v) is 8.58. The molecule has 0 radical (unpaired) electrons. The highest BCUT2D eigenvalue weighted by atomic mass is 32.2. The molecule has 37 heavy (non-hydrogen) atoms. The van der Waals surface area contributed by atoms with E-state index in [0.717, 1.165) is 29.2 Å². The zero-order valence-corrected chi connectivity index (χ0v) is 21.5. The first-order valence-corrected chi connectivity index (χ1v) is 13.5. The summed E-state index contributed by atoms with van der Waals surface area (Å²) in [5.74, 6) is 2.04. The zero-order valence-electron chi connectivity index (χ0n) is 20.7. The fourth-order valence-electron chi connectivity index (χ4n) is 4.82. The number of rotatable bonds is 8. The van der Waals surface area contributed by atoms with Crippen molar-refractivity contribution in [2.24, 2.45) is 0 Å². The van der Waals surface area contributed by atoms with Gasteiger partial charge in [-0.2, -0.15) is 0 Å². The maximum absolute atomic E-state index is 13.8. The number of sulfonamides is 1. The fraction of sp³-hybridized carbons (Fsp3) is 0.333. The maximum Gasteiger partial charge on any atom is 0.264 e. The Morgan fingerprint density at radius 3 is 2.22 bits per heavy atom. The first-order valence-electron chi connectivity index (χ1n) is 12.0. The molecule has 5 rings (SSSR count). The molecule has 1 fully saturated rings. The van der Waals surface area contributed by atoms with Crippen molar-refractivity contribution in [3.05, 3.63) is 72.0 Å². The number of hydrogen-bond donors (Lipinski definition) is 0. The lowest BCUT2D eigenvalue weighted by molar-refractivity contribution is 0.174. The average molecular weight is 529 g/mol. The van der Waals surface area contributed by atoms with Gasteiger partial charge < -0.3 is 18.9 Å². The topological polar surface area (TPSA) is 77.5 Å². The summed E-state index contributed by atoms with van der Waals surface area (Å²) in [7, 11) is -0.721. The molecule has 8 nitrogen and oxygen atoms in total. The average Bonchev–Trinajstić information content (AvgIpc) is 3.38. The number of ether oxygens (including phenoxy) is 4. The van der Waals surface area contributed by atoms with Gasteiger partial charge in [-0.05, 0) is 66.9 Å². The number of fused-ring (bicyclic) bond motifs is 1. The lowest BCUT2D eigenvalue weighted by Crippen LogP contribution is -2.47. The van der Waals surface area contributed by atoms with E-state index in [4.69, 9.17) is 18.9 Å². The Hall–Kier alpha value is -3.50. The third-order valence-electron chi connectivity index (χ3n) is 6.69. The van der Waals surface area contributed by atoms with Crippen molar-refractivity contribution in [3.63, 3.8) is 0 Å².